The highest BCUT2D eigenvalue weighted by molar-refractivity contribution is 7.12. The van der Waals surface area contributed by atoms with Crippen LogP contribution in [0.15, 0.2) is 6.07 Å². The van der Waals surface area contributed by atoms with Gasteiger partial charge in [0, 0.05) is 15.8 Å². The van der Waals surface area contributed by atoms with E-state index in [1.165, 1.54) is 29.0 Å². The van der Waals surface area contributed by atoms with Gasteiger partial charge in [-0.2, -0.15) is 0 Å². The zero-order chi connectivity index (χ0) is 10.8. The van der Waals surface area contributed by atoms with Gasteiger partial charge in [-0.1, -0.05) is 19.8 Å². The molecule has 1 aliphatic carbocycles. The predicted molar refractivity (Wildman–Crippen MR) is 67.6 cm³/mol. The molecule has 1 aromatic heterocycles. The summed E-state index contributed by atoms with van der Waals surface area (Å²) in [6, 6.07) is 2.97. The van der Waals surface area contributed by atoms with Crippen LogP contribution in [0.3, 0.4) is 0 Å². The van der Waals surface area contributed by atoms with E-state index in [4.69, 9.17) is 0 Å². The third-order valence-electron chi connectivity index (χ3n) is 3.17. The Balaban J connectivity index is 2.10. The molecule has 1 aromatic rings. The molecule has 15 heavy (non-hydrogen) atoms. The van der Waals surface area contributed by atoms with Gasteiger partial charge >= 0.3 is 0 Å². The molecule has 2 heteroatoms. The van der Waals surface area contributed by atoms with Gasteiger partial charge in [-0.15, -0.1) is 11.3 Å². The molecule has 1 heterocycles. The molecule has 0 radical (unpaired) electrons. The lowest BCUT2D eigenvalue weighted by Gasteiger charge is -2.17. The second-order valence-electron chi connectivity index (χ2n) is 4.66. The van der Waals surface area contributed by atoms with E-state index in [0.29, 0.717) is 6.04 Å². The van der Waals surface area contributed by atoms with Gasteiger partial charge in [-0.3, -0.25) is 0 Å². The molecule has 84 valence electrons. The Morgan fingerprint density at radius 1 is 1.47 bits per heavy atom. The molecule has 0 aromatic carbocycles. The molecule has 0 bridgehead atoms. The molecule has 0 saturated heterocycles. The Labute approximate surface area is 96.9 Å². The summed E-state index contributed by atoms with van der Waals surface area (Å²) in [4.78, 5) is 2.94. The average Bonchev–Trinajstić information content (AvgIpc) is 2.91. The van der Waals surface area contributed by atoms with Gasteiger partial charge in [0.05, 0.1) is 0 Å². The molecule has 1 fully saturated rings. The van der Waals surface area contributed by atoms with E-state index >= 15 is 0 Å². The summed E-state index contributed by atoms with van der Waals surface area (Å²) in [6.45, 7) is 7.74. The maximum atomic E-state index is 3.63. The van der Waals surface area contributed by atoms with Crippen molar-refractivity contribution in [2.75, 3.05) is 6.54 Å². The SMILES string of the molecule is CCNC(CC1CC1)c1cc(C)sc1C. The quantitative estimate of drug-likeness (QED) is 0.800. The molecule has 0 spiro atoms. The smallest absolute Gasteiger partial charge is 0.0333 e. The summed E-state index contributed by atoms with van der Waals surface area (Å²) in [5, 5.41) is 3.63. The lowest BCUT2D eigenvalue weighted by Crippen LogP contribution is -2.21. The average molecular weight is 223 g/mol. The number of thiophene rings is 1. The monoisotopic (exact) mass is 223 g/mol. The normalized spacial score (nSPS) is 18.1. The van der Waals surface area contributed by atoms with Crippen LogP contribution in [0.1, 0.15) is 47.5 Å². The van der Waals surface area contributed by atoms with Gasteiger partial charge < -0.3 is 5.32 Å². The van der Waals surface area contributed by atoms with Crippen molar-refractivity contribution < 1.29 is 0 Å². The first kappa shape index (κ1) is 11.2. The van der Waals surface area contributed by atoms with Crippen LogP contribution in [0.2, 0.25) is 0 Å². The fourth-order valence-electron chi connectivity index (χ4n) is 2.25. The summed E-state index contributed by atoms with van der Waals surface area (Å²) in [5.41, 5.74) is 1.55. The number of hydrogen-bond acceptors (Lipinski definition) is 2. The minimum absolute atomic E-state index is 0.604. The van der Waals surface area contributed by atoms with Crippen molar-refractivity contribution in [2.24, 2.45) is 5.92 Å². The highest BCUT2D eigenvalue weighted by atomic mass is 32.1. The first-order valence-corrected chi connectivity index (χ1v) is 6.82. The first-order valence-electron chi connectivity index (χ1n) is 6.01. The van der Waals surface area contributed by atoms with Gasteiger partial charge in [0.25, 0.3) is 0 Å². The first-order chi connectivity index (χ1) is 7.20. The highest BCUT2D eigenvalue weighted by Gasteiger charge is 2.26. The fourth-order valence-corrected chi connectivity index (χ4v) is 3.24. The van der Waals surface area contributed by atoms with Crippen molar-refractivity contribution in [1.82, 2.24) is 5.32 Å². The van der Waals surface area contributed by atoms with E-state index in [-0.39, 0.29) is 0 Å². The van der Waals surface area contributed by atoms with Gasteiger partial charge in [-0.25, -0.2) is 0 Å². The third kappa shape index (κ3) is 2.82. The maximum Gasteiger partial charge on any atom is 0.0333 e. The lowest BCUT2D eigenvalue weighted by molar-refractivity contribution is 0.486. The number of hydrogen-bond donors (Lipinski definition) is 1. The van der Waals surface area contributed by atoms with E-state index in [1.54, 1.807) is 5.56 Å². The van der Waals surface area contributed by atoms with Crippen molar-refractivity contribution in [3.63, 3.8) is 0 Å². The summed E-state index contributed by atoms with van der Waals surface area (Å²) in [7, 11) is 0. The summed E-state index contributed by atoms with van der Waals surface area (Å²) >= 11 is 1.93. The molecule has 1 nitrogen and oxygen atoms in total. The van der Waals surface area contributed by atoms with E-state index in [1.807, 2.05) is 11.3 Å². The second kappa shape index (κ2) is 4.67. The molecule has 1 N–H and O–H groups in total. The fraction of sp³-hybridized carbons (Fsp3) is 0.692. The minimum atomic E-state index is 0.604. The van der Waals surface area contributed by atoms with Crippen LogP contribution in [0.5, 0.6) is 0 Å². The highest BCUT2D eigenvalue weighted by Crippen LogP contribution is 2.39. The molecule has 0 aliphatic heterocycles. The van der Waals surface area contributed by atoms with Crippen LogP contribution in [-0.4, -0.2) is 6.54 Å². The molecule has 1 saturated carbocycles. The Morgan fingerprint density at radius 3 is 2.67 bits per heavy atom. The predicted octanol–water partition coefficient (Wildman–Crippen LogP) is 3.82. The zero-order valence-electron chi connectivity index (χ0n) is 9.97. The van der Waals surface area contributed by atoms with Gasteiger partial charge in [0.15, 0.2) is 0 Å². The van der Waals surface area contributed by atoms with Crippen molar-refractivity contribution in [1.29, 1.82) is 0 Å². The number of rotatable bonds is 5. The minimum Gasteiger partial charge on any atom is -0.310 e. The van der Waals surface area contributed by atoms with E-state index in [0.717, 1.165) is 12.5 Å². The molecule has 2 rings (SSSR count). The molecular weight excluding hydrogens is 202 g/mol. The molecular formula is C13H21NS. The summed E-state index contributed by atoms with van der Waals surface area (Å²) < 4.78 is 0. The Bertz CT molecular complexity index is 325. The largest absolute Gasteiger partial charge is 0.310 e. The Kier molecular flexibility index (Phi) is 3.47. The van der Waals surface area contributed by atoms with Crippen LogP contribution in [0.25, 0.3) is 0 Å². The van der Waals surface area contributed by atoms with Gasteiger partial charge in [0.1, 0.15) is 0 Å². The molecule has 1 aliphatic rings. The maximum absolute atomic E-state index is 3.63. The third-order valence-corrected chi connectivity index (χ3v) is 4.15. The molecule has 1 atom stereocenters. The van der Waals surface area contributed by atoms with Crippen LogP contribution in [0, 0.1) is 19.8 Å². The van der Waals surface area contributed by atoms with E-state index in [9.17, 15) is 0 Å². The van der Waals surface area contributed by atoms with Gasteiger partial charge in [0.2, 0.25) is 0 Å². The van der Waals surface area contributed by atoms with Gasteiger partial charge in [-0.05, 0) is 44.4 Å². The van der Waals surface area contributed by atoms with Crippen molar-refractivity contribution >= 4 is 11.3 Å². The topological polar surface area (TPSA) is 12.0 Å². The summed E-state index contributed by atoms with van der Waals surface area (Å²) in [6.07, 6.45) is 4.24. The van der Waals surface area contributed by atoms with Crippen molar-refractivity contribution in [2.45, 2.75) is 46.1 Å². The van der Waals surface area contributed by atoms with Crippen molar-refractivity contribution in [3.05, 3.63) is 21.4 Å². The molecule has 1 unspecified atom stereocenters. The summed E-state index contributed by atoms with van der Waals surface area (Å²) in [5.74, 6) is 0.994. The Hall–Kier alpha value is -0.340. The number of aryl methyl sites for hydroxylation is 2. The lowest BCUT2D eigenvalue weighted by atomic mass is 10.0. The van der Waals surface area contributed by atoms with Crippen molar-refractivity contribution in [3.8, 4) is 0 Å². The van der Waals surface area contributed by atoms with Crippen LogP contribution in [0.4, 0.5) is 0 Å². The van der Waals surface area contributed by atoms with Crippen LogP contribution < -0.4 is 5.32 Å². The van der Waals surface area contributed by atoms with E-state index in [2.05, 4.69) is 32.2 Å². The number of nitrogens with one attached hydrogen (secondary N) is 1. The standard InChI is InChI=1S/C13H21NS/c1-4-14-13(8-11-5-6-11)12-7-9(2)15-10(12)3/h7,11,13-14H,4-6,8H2,1-3H3. The van der Waals surface area contributed by atoms with E-state index < -0.39 is 0 Å². The second-order valence-corrected chi connectivity index (χ2v) is 6.12. The molecule has 0 amide bonds. The zero-order valence-corrected chi connectivity index (χ0v) is 10.8. The Morgan fingerprint density at radius 2 is 2.20 bits per heavy atom. The van der Waals surface area contributed by atoms with Crippen LogP contribution in [-0.2, 0) is 0 Å². The van der Waals surface area contributed by atoms with Crippen LogP contribution >= 0.6 is 11.3 Å².